The summed E-state index contributed by atoms with van der Waals surface area (Å²) in [6.45, 7) is 4.79. The third-order valence-corrected chi connectivity index (χ3v) is 5.71. The highest BCUT2D eigenvalue weighted by atomic mass is 32.2. The van der Waals surface area contributed by atoms with Crippen LogP contribution in [0.4, 0.5) is 0 Å². The second kappa shape index (κ2) is 10.7. The van der Waals surface area contributed by atoms with E-state index >= 15 is 0 Å². The molecule has 5 nitrogen and oxygen atoms in total. The second-order valence-electron chi connectivity index (χ2n) is 7.22. The normalized spacial score (nSPS) is 15.1. The average molecular weight is 391 g/mol. The Morgan fingerprint density at radius 1 is 1.04 bits per heavy atom. The first-order chi connectivity index (χ1) is 12.9. The lowest BCUT2D eigenvalue weighted by atomic mass is 10.0. The highest BCUT2D eigenvalue weighted by molar-refractivity contribution is 7.82. The van der Waals surface area contributed by atoms with E-state index in [1.165, 1.54) is 0 Å². The molecule has 2 rings (SSSR count). The Hall–Kier alpha value is -1.57. The summed E-state index contributed by atoms with van der Waals surface area (Å²) in [7, 11) is -1.43. The van der Waals surface area contributed by atoms with Gasteiger partial charge in [-0.15, -0.1) is 0 Å². The van der Waals surface area contributed by atoms with Gasteiger partial charge in [-0.2, -0.15) is 0 Å². The fraction of sp³-hybridized carbons (Fsp3) is 0.429. The molecule has 6 heteroatoms. The van der Waals surface area contributed by atoms with Gasteiger partial charge in [-0.25, -0.2) is 8.51 Å². The van der Waals surface area contributed by atoms with E-state index in [0.29, 0.717) is 23.4 Å². The molecule has 2 aromatic rings. The van der Waals surface area contributed by atoms with E-state index in [4.69, 9.17) is 5.73 Å². The van der Waals surface area contributed by atoms with E-state index in [-0.39, 0.29) is 19.1 Å². The molecule has 0 amide bonds. The molecule has 3 atom stereocenters. The molecule has 0 aromatic heterocycles. The fourth-order valence-corrected chi connectivity index (χ4v) is 4.35. The number of aliphatic hydroxyl groups excluding tert-OH is 2. The lowest BCUT2D eigenvalue weighted by molar-refractivity contribution is 0.118. The first-order valence-electron chi connectivity index (χ1n) is 9.25. The van der Waals surface area contributed by atoms with Crippen LogP contribution in [0.25, 0.3) is 0 Å². The van der Waals surface area contributed by atoms with Gasteiger partial charge in [0.15, 0.2) is 0 Å². The Bertz CT molecular complexity index is 724. The van der Waals surface area contributed by atoms with Crippen LogP contribution in [0.15, 0.2) is 59.5 Å². The highest BCUT2D eigenvalue weighted by Crippen LogP contribution is 2.16. The van der Waals surface area contributed by atoms with Crippen LogP contribution in [-0.2, 0) is 24.0 Å². The zero-order valence-electron chi connectivity index (χ0n) is 16.0. The van der Waals surface area contributed by atoms with Crippen molar-refractivity contribution in [1.29, 1.82) is 0 Å². The maximum atomic E-state index is 13.1. The highest BCUT2D eigenvalue weighted by Gasteiger charge is 2.24. The van der Waals surface area contributed by atoms with Crippen molar-refractivity contribution in [3.8, 4) is 0 Å². The smallest absolute Gasteiger partial charge is 0.127 e. The quantitative estimate of drug-likeness (QED) is 0.580. The minimum Gasteiger partial charge on any atom is -0.392 e. The standard InChI is InChI=1S/C21H30N2O3S/c1-16(2)13-23(27(26)19-10-6-9-18(11-19)15-24)14-21(25)20(22)12-17-7-4-3-5-8-17/h3-11,16,20-21,24-25H,12-15,22H2,1-2H3/t20-,21+,27?/m0/s1. The Labute approximate surface area is 164 Å². The minimum atomic E-state index is -1.43. The Balaban J connectivity index is 2.09. The number of nitrogens with zero attached hydrogens (tertiary/aromatic N) is 1. The number of hydrogen-bond donors (Lipinski definition) is 3. The zero-order valence-corrected chi connectivity index (χ0v) is 16.8. The predicted octanol–water partition coefficient (Wildman–Crippen LogP) is 2.09. The maximum Gasteiger partial charge on any atom is 0.127 e. The second-order valence-corrected chi connectivity index (χ2v) is 8.70. The van der Waals surface area contributed by atoms with E-state index in [2.05, 4.69) is 0 Å². The van der Waals surface area contributed by atoms with Gasteiger partial charge in [0.25, 0.3) is 0 Å². The first-order valence-corrected chi connectivity index (χ1v) is 10.4. The van der Waals surface area contributed by atoms with Crippen LogP contribution >= 0.6 is 0 Å². The van der Waals surface area contributed by atoms with Crippen LogP contribution in [0.5, 0.6) is 0 Å². The summed E-state index contributed by atoms with van der Waals surface area (Å²) in [5.74, 6) is 0.285. The minimum absolute atomic E-state index is 0.0974. The fourth-order valence-electron chi connectivity index (χ4n) is 2.89. The molecule has 0 saturated carbocycles. The lowest BCUT2D eigenvalue weighted by Crippen LogP contribution is -2.46. The van der Waals surface area contributed by atoms with Gasteiger partial charge in [-0.1, -0.05) is 56.3 Å². The number of benzene rings is 2. The average Bonchev–Trinajstić information content (AvgIpc) is 2.67. The molecular weight excluding hydrogens is 360 g/mol. The topological polar surface area (TPSA) is 86.8 Å². The Kier molecular flexibility index (Phi) is 8.60. The van der Waals surface area contributed by atoms with Crippen LogP contribution in [0.1, 0.15) is 25.0 Å². The summed E-state index contributed by atoms with van der Waals surface area (Å²) in [6.07, 6.45) is -0.238. The largest absolute Gasteiger partial charge is 0.392 e. The van der Waals surface area contributed by atoms with Gasteiger partial charge in [0, 0.05) is 19.1 Å². The molecule has 0 spiro atoms. The summed E-state index contributed by atoms with van der Waals surface area (Å²) in [4.78, 5) is 0.617. The molecule has 2 aromatic carbocycles. The van der Waals surface area contributed by atoms with Gasteiger partial charge in [-0.3, -0.25) is 0 Å². The third-order valence-electron chi connectivity index (χ3n) is 4.29. The van der Waals surface area contributed by atoms with Gasteiger partial charge in [0.05, 0.1) is 17.6 Å². The van der Waals surface area contributed by atoms with Crippen molar-refractivity contribution in [2.45, 2.75) is 43.9 Å². The van der Waals surface area contributed by atoms with Gasteiger partial charge >= 0.3 is 0 Å². The number of aliphatic hydroxyl groups is 2. The lowest BCUT2D eigenvalue weighted by Gasteiger charge is -2.28. The van der Waals surface area contributed by atoms with Crippen molar-refractivity contribution in [2.24, 2.45) is 11.7 Å². The van der Waals surface area contributed by atoms with Crippen molar-refractivity contribution in [2.75, 3.05) is 13.1 Å². The molecule has 0 radical (unpaired) electrons. The van der Waals surface area contributed by atoms with E-state index in [1.54, 1.807) is 28.6 Å². The number of rotatable bonds is 10. The monoisotopic (exact) mass is 390 g/mol. The Morgan fingerprint density at radius 2 is 1.70 bits per heavy atom. The summed E-state index contributed by atoms with van der Waals surface area (Å²) in [5, 5.41) is 19.9. The molecule has 0 aliphatic rings. The summed E-state index contributed by atoms with van der Waals surface area (Å²) in [6, 6.07) is 16.4. The molecule has 27 heavy (non-hydrogen) atoms. The maximum absolute atomic E-state index is 13.1. The van der Waals surface area contributed by atoms with E-state index in [0.717, 1.165) is 5.56 Å². The molecule has 0 heterocycles. The summed E-state index contributed by atoms with van der Waals surface area (Å²) < 4.78 is 14.8. The first kappa shape index (κ1) is 21.7. The van der Waals surface area contributed by atoms with Gasteiger partial charge in [0.1, 0.15) is 11.0 Å². The predicted molar refractivity (Wildman–Crippen MR) is 109 cm³/mol. The molecule has 148 valence electrons. The van der Waals surface area contributed by atoms with Crippen molar-refractivity contribution >= 4 is 11.0 Å². The number of nitrogens with two attached hydrogens (primary N) is 1. The Morgan fingerprint density at radius 3 is 2.33 bits per heavy atom. The zero-order chi connectivity index (χ0) is 19.8. The van der Waals surface area contributed by atoms with Crippen LogP contribution in [0.3, 0.4) is 0 Å². The summed E-state index contributed by atoms with van der Waals surface area (Å²) in [5.41, 5.74) is 7.98. The van der Waals surface area contributed by atoms with E-state index < -0.39 is 23.1 Å². The molecule has 1 unspecified atom stereocenters. The van der Waals surface area contributed by atoms with E-state index in [9.17, 15) is 14.4 Å². The third kappa shape index (κ3) is 6.83. The number of hydrogen-bond acceptors (Lipinski definition) is 4. The molecule has 0 aliphatic carbocycles. The van der Waals surface area contributed by atoms with Gasteiger partial charge in [0.2, 0.25) is 0 Å². The van der Waals surface area contributed by atoms with Crippen LogP contribution in [0.2, 0.25) is 0 Å². The van der Waals surface area contributed by atoms with E-state index in [1.807, 2.05) is 44.2 Å². The summed E-state index contributed by atoms with van der Waals surface area (Å²) >= 11 is 0. The van der Waals surface area contributed by atoms with Crippen molar-refractivity contribution in [3.63, 3.8) is 0 Å². The van der Waals surface area contributed by atoms with Crippen molar-refractivity contribution in [3.05, 3.63) is 65.7 Å². The molecule has 4 N–H and O–H groups in total. The van der Waals surface area contributed by atoms with Crippen LogP contribution < -0.4 is 5.73 Å². The van der Waals surface area contributed by atoms with Gasteiger partial charge < -0.3 is 15.9 Å². The van der Waals surface area contributed by atoms with Crippen LogP contribution in [0, 0.1) is 5.92 Å². The molecule has 0 saturated heterocycles. The van der Waals surface area contributed by atoms with Crippen molar-refractivity contribution < 1.29 is 14.4 Å². The SMILES string of the molecule is CC(C)CN(C[C@@H](O)[C@@H](N)Cc1ccccc1)S(=O)c1cccc(CO)c1. The molecule has 0 aliphatic heterocycles. The molecule has 0 fully saturated rings. The van der Waals surface area contributed by atoms with Crippen molar-refractivity contribution in [1.82, 2.24) is 4.31 Å². The molecular formula is C21H30N2O3S. The van der Waals surface area contributed by atoms with Gasteiger partial charge in [-0.05, 0) is 35.6 Å². The van der Waals surface area contributed by atoms with Crippen LogP contribution in [-0.4, -0.2) is 44.0 Å². The molecule has 0 bridgehead atoms.